The van der Waals surface area contributed by atoms with Gasteiger partial charge in [0.05, 0.1) is 6.04 Å². The van der Waals surface area contributed by atoms with Gasteiger partial charge in [-0.3, -0.25) is 0 Å². The first-order chi connectivity index (χ1) is 10.2. The monoisotopic (exact) mass is 315 g/mol. The van der Waals surface area contributed by atoms with Gasteiger partial charge in [-0.1, -0.05) is 30.3 Å². The molecule has 0 aliphatic heterocycles. The van der Waals surface area contributed by atoms with Gasteiger partial charge in [-0.2, -0.15) is 4.37 Å². The van der Waals surface area contributed by atoms with Gasteiger partial charge in [-0.15, -0.1) is 11.3 Å². The van der Waals surface area contributed by atoms with E-state index in [2.05, 4.69) is 63.4 Å². The molecule has 21 heavy (non-hydrogen) atoms. The maximum Gasteiger partial charge on any atom is 0.203 e. The third-order valence-electron chi connectivity index (χ3n) is 3.33. The summed E-state index contributed by atoms with van der Waals surface area (Å²) in [5.41, 5.74) is 2.65. The number of thiophene rings is 1. The van der Waals surface area contributed by atoms with Crippen LogP contribution in [0.2, 0.25) is 0 Å². The molecule has 0 spiro atoms. The molecule has 1 aromatic carbocycles. The Morgan fingerprint density at radius 3 is 2.57 bits per heavy atom. The zero-order valence-corrected chi connectivity index (χ0v) is 13.7. The van der Waals surface area contributed by atoms with Crippen molar-refractivity contribution in [2.24, 2.45) is 0 Å². The van der Waals surface area contributed by atoms with Gasteiger partial charge in [0.2, 0.25) is 5.13 Å². The van der Waals surface area contributed by atoms with Gasteiger partial charge in [0, 0.05) is 16.4 Å². The summed E-state index contributed by atoms with van der Waals surface area (Å²) in [5, 5.41) is 6.59. The largest absolute Gasteiger partial charge is 0.352 e. The van der Waals surface area contributed by atoms with Crippen LogP contribution in [0, 0.1) is 13.8 Å². The predicted octanol–water partition coefficient (Wildman–Crippen LogP) is 4.61. The van der Waals surface area contributed by atoms with Gasteiger partial charge in [0.15, 0.2) is 0 Å². The topological polar surface area (TPSA) is 37.8 Å². The SMILES string of the molecule is Cc1nsc(NC(Cc2ccccc2)c2sccc2C)n1. The van der Waals surface area contributed by atoms with Gasteiger partial charge >= 0.3 is 0 Å². The summed E-state index contributed by atoms with van der Waals surface area (Å²) in [7, 11) is 0. The third-order valence-corrected chi connectivity index (χ3v) is 5.20. The first-order valence-corrected chi connectivity index (χ1v) is 8.52. The van der Waals surface area contributed by atoms with Gasteiger partial charge in [0.1, 0.15) is 5.82 Å². The van der Waals surface area contributed by atoms with E-state index in [0.717, 1.165) is 17.4 Å². The number of hydrogen-bond acceptors (Lipinski definition) is 5. The van der Waals surface area contributed by atoms with E-state index in [1.165, 1.54) is 27.5 Å². The molecule has 1 atom stereocenters. The molecule has 2 heterocycles. The van der Waals surface area contributed by atoms with Crippen LogP contribution >= 0.6 is 22.9 Å². The van der Waals surface area contributed by atoms with Crippen molar-refractivity contribution in [2.45, 2.75) is 26.3 Å². The molecule has 1 unspecified atom stereocenters. The second-order valence-corrected chi connectivity index (χ2v) is 6.70. The van der Waals surface area contributed by atoms with Crippen LogP contribution in [0.1, 0.15) is 27.9 Å². The Hall–Kier alpha value is -1.72. The Bertz CT molecular complexity index is 703. The number of nitrogens with one attached hydrogen (secondary N) is 1. The average molecular weight is 315 g/mol. The molecule has 0 aliphatic rings. The number of rotatable bonds is 5. The second-order valence-electron chi connectivity index (χ2n) is 5.00. The number of hydrogen-bond donors (Lipinski definition) is 1. The molecule has 2 aromatic heterocycles. The van der Waals surface area contributed by atoms with Crippen LogP contribution in [0.5, 0.6) is 0 Å². The second kappa shape index (κ2) is 6.37. The standard InChI is InChI=1S/C16H17N3S2/c1-11-8-9-20-15(11)14(10-13-6-4-3-5-7-13)18-16-17-12(2)19-21-16/h3-9,14H,10H2,1-2H3,(H,17,18,19). The zero-order valence-electron chi connectivity index (χ0n) is 12.0. The molecule has 1 N–H and O–H groups in total. The van der Waals surface area contributed by atoms with Crippen LogP contribution in [0.3, 0.4) is 0 Å². The van der Waals surface area contributed by atoms with Crippen molar-refractivity contribution >= 4 is 28.0 Å². The molecule has 0 aliphatic carbocycles. The number of anilines is 1. The van der Waals surface area contributed by atoms with Crippen LogP contribution in [0.25, 0.3) is 0 Å². The van der Waals surface area contributed by atoms with Gasteiger partial charge in [-0.25, -0.2) is 4.98 Å². The van der Waals surface area contributed by atoms with Crippen molar-refractivity contribution in [1.29, 1.82) is 0 Å². The van der Waals surface area contributed by atoms with Crippen molar-refractivity contribution < 1.29 is 0 Å². The fourth-order valence-corrected chi connectivity index (χ4v) is 3.91. The van der Waals surface area contributed by atoms with Crippen molar-refractivity contribution in [3.63, 3.8) is 0 Å². The summed E-state index contributed by atoms with van der Waals surface area (Å²) in [4.78, 5) is 5.80. The molecule has 0 saturated heterocycles. The molecular weight excluding hydrogens is 298 g/mol. The summed E-state index contributed by atoms with van der Waals surface area (Å²) >= 11 is 3.22. The van der Waals surface area contributed by atoms with Crippen molar-refractivity contribution in [1.82, 2.24) is 9.36 Å². The lowest BCUT2D eigenvalue weighted by molar-refractivity contribution is 0.784. The first kappa shape index (κ1) is 14.2. The van der Waals surface area contributed by atoms with E-state index in [4.69, 9.17) is 0 Å². The number of nitrogens with zero attached hydrogens (tertiary/aromatic N) is 2. The molecule has 0 fully saturated rings. The Labute approximate surface area is 132 Å². The highest BCUT2D eigenvalue weighted by Crippen LogP contribution is 2.30. The van der Waals surface area contributed by atoms with Gasteiger partial charge in [0.25, 0.3) is 0 Å². The number of benzene rings is 1. The summed E-state index contributed by atoms with van der Waals surface area (Å²) in [6.07, 6.45) is 0.945. The minimum absolute atomic E-state index is 0.236. The fraction of sp³-hybridized carbons (Fsp3) is 0.250. The van der Waals surface area contributed by atoms with Crippen LogP contribution < -0.4 is 5.32 Å². The van der Waals surface area contributed by atoms with Crippen LogP contribution in [-0.4, -0.2) is 9.36 Å². The van der Waals surface area contributed by atoms with Gasteiger partial charge < -0.3 is 5.32 Å². The highest BCUT2D eigenvalue weighted by molar-refractivity contribution is 7.10. The lowest BCUT2D eigenvalue weighted by Crippen LogP contribution is -2.13. The van der Waals surface area contributed by atoms with Crippen molar-refractivity contribution in [3.05, 3.63) is 63.6 Å². The average Bonchev–Trinajstić information content (AvgIpc) is 3.08. The smallest absolute Gasteiger partial charge is 0.203 e. The summed E-state index contributed by atoms with van der Waals surface area (Å²) in [5.74, 6) is 0.823. The molecule has 5 heteroatoms. The van der Waals surface area contributed by atoms with Crippen molar-refractivity contribution in [3.8, 4) is 0 Å². The molecule has 3 aromatic rings. The maximum atomic E-state index is 4.43. The van der Waals surface area contributed by atoms with E-state index in [1.54, 1.807) is 11.3 Å². The van der Waals surface area contributed by atoms with Crippen LogP contribution in [0.15, 0.2) is 41.8 Å². The van der Waals surface area contributed by atoms with Crippen molar-refractivity contribution in [2.75, 3.05) is 5.32 Å². The molecule has 0 bridgehead atoms. The summed E-state index contributed by atoms with van der Waals surface area (Å²) in [6, 6.07) is 13.0. The minimum atomic E-state index is 0.236. The lowest BCUT2D eigenvalue weighted by atomic mass is 10.0. The Morgan fingerprint density at radius 1 is 1.14 bits per heavy atom. The van der Waals surface area contributed by atoms with E-state index in [-0.39, 0.29) is 6.04 Å². The molecule has 3 nitrogen and oxygen atoms in total. The number of aromatic nitrogens is 2. The molecule has 0 saturated carbocycles. The molecular formula is C16H17N3S2. The number of aryl methyl sites for hydroxylation is 2. The van der Waals surface area contributed by atoms with Crippen LogP contribution in [-0.2, 0) is 6.42 Å². The fourth-order valence-electron chi connectivity index (χ4n) is 2.31. The Balaban J connectivity index is 1.86. The van der Waals surface area contributed by atoms with Gasteiger partial charge in [-0.05, 0) is 42.8 Å². The zero-order chi connectivity index (χ0) is 14.7. The predicted molar refractivity (Wildman–Crippen MR) is 90.2 cm³/mol. The Kier molecular flexibility index (Phi) is 4.31. The molecule has 3 rings (SSSR count). The normalized spacial score (nSPS) is 12.3. The van der Waals surface area contributed by atoms with E-state index >= 15 is 0 Å². The quantitative estimate of drug-likeness (QED) is 0.747. The highest BCUT2D eigenvalue weighted by atomic mass is 32.1. The maximum absolute atomic E-state index is 4.43. The minimum Gasteiger partial charge on any atom is -0.352 e. The highest BCUT2D eigenvalue weighted by Gasteiger charge is 2.17. The van der Waals surface area contributed by atoms with E-state index < -0.39 is 0 Å². The lowest BCUT2D eigenvalue weighted by Gasteiger charge is -2.18. The summed E-state index contributed by atoms with van der Waals surface area (Å²) in [6.45, 7) is 4.08. The van der Waals surface area contributed by atoms with E-state index in [1.807, 2.05) is 6.92 Å². The van der Waals surface area contributed by atoms with E-state index in [0.29, 0.717) is 0 Å². The third kappa shape index (κ3) is 3.49. The Morgan fingerprint density at radius 2 is 1.95 bits per heavy atom. The molecule has 0 amide bonds. The van der Waals surface area contributed by atoms with E-state index in [9.17, 15) is 0 Å². The first-order valence-electron chi connectivity index (χ1n) is 6.87. The van der Waals surface area contributed by atoms with Crippen LogP contribution in [0.4, 0.5) is 5.13 Å². The summed E-state index contributed by atoms with van der Waals surface area (Å²) < 4.78 is 4.25. The molecule has 108 valence electrons. The molecule has 0 radical (unpaired) electrons.